The molecular formula is C41H80O2. The lowest BCUT2D eigenvalue weighted by molar-refractivity contribution is -0.143. The molecule has 0 spiro atoms. The van der Waals surface area contributed by atoms with E-state index in [9.17, 15) is 4.79 Å². The number of unbranched alkanes of at least 4 members (excludes halogenated alkanes) is 31. The molecule has 0 aromatic heterocycles. The maximum absolute atomic E-state index is 12.0. The Morgan fingerprint density at radius 3 is 1.00 bits per heavy atom. The van der Waals surface area contributed by atoms with E-state index in [1.165, 1.54) is 199 Å². The molecule has 2 nitrogen and oxygen atoms in total. The van der Waals surface area contributed by atoms with Crippen LogP contribution in [0.25, 0.3) is 0 Å². The average Bonchev–Trinajstić information content (AvgIpc) is 3.01. The van der Waals surface area contributed by atoms with Gasteiger partial charge in [-0.15, -0.1) is 0 Å². The normalized spacial score (nSPS) is 11.6. The lowest BCUT2D eigenvalue weighted by Gasteiger charge is -2.06. The lowest BCUT2D eigenvalue weighted by Crippen LogP contribution is -2.05. The lowest BCUT2D eigenvalue weighted by atomic mass is 10.0. The molecule has 0 N–H and O–H groups in total. The fourth-order valence-electron chi connectivity index (χ4n) is 6.13. The van der Waals surface area contributed by atoms with Gasteiger partial charge in [0, 0.05) is 6.42 Å². The third kappa shape index (κ3) is 39.2. The summed E-state index contributed by atoms with van der Waals surface area (Å²) >= 11 is 0. The highest BCUT2D eigenvalue weighted by Crippen LogP contribution is 2.15. The van der Waals surface area contributed by atoms with E-state index in [1.54, 1.807) is 0 Å². The standard InChI is InChI=1S/C41H80O2/c1-3-5-7-9-11-13-15-17-19-20-21-22-23-24-26-28-30-32-34-36-38-40-43-41(42)39-37-35-33-31-29-27-25-18-16-14-12-10-8-6-4-2/h18,25H,3-17,19-24,26-40H2,1-2H3/b25-18-. The molecule has 0 aliphatic heterocycles. The SMILES string of the molecule is CCCCCCCC/C=C\CCCCCCCC(=O)OCCCCCCCCCCCCCCCCCCCCCCC. The second-order valence-corrected chi connectivity index (χ2v) is 13.6. The summed E-state index contributed by atoms with van der Waals surface area (Å²) in [6, 6.07) is 0. The van der Waals surface area contributed by atoms with Crippen LogP contribution < -0.4 is 0 Å². The Morgan fingerprint density at radius 2 is 0.651 bits per heavy atom. The molecule has 43 heavy (non-hydrogen) atoms. The summed E-state index contributed by atoms with van der Waals surface area (Å²) in [5.41, 5.74) is 0. The molecule has 256 valence electrons. The Balaban J connectivity index is 3.17. The first-order valence-corrected chi connectivity index (χ1v) is 20.1. The monoisotopic (exact) mass is 605 g/mol. The number of carbonyl (C=O) groups is 1. The van der Waals surface area contributed by atoms with Crippen molar-refractivity contribution in [1.82, 2.24) is 0 Å². The molecule has 0 fully saturated rings. The smallest absolute Gasteiger partial charge is 0.305 e. The molecule has 0 aliphatic rings. The predicted octanol–water partition coefficient (Wildman–Crippen LogP) is 14.8. The summed E-state index contributed by atoms with van der Waals surface area (Å²) in [4.78, 5) is 12.0. The van der Waals surface area contributed by atoms with E-state index in [1.807, 2.05) is 0 Å². The van der Waals surface area contributed by atoms with Crippen LogP contribution in [0.5, 0.6) is 0 Å². The summed E-state index contributed by atoms with van der Waals surface area (Å²) in [7, 11) is 0. The van der Waals surface area contributed by atoms with Crippen LogP contribution in [0, 0.1) is 0 Å². The van der Waals surface area contributed by atoms with Crippen LogP contribution in [0.1, 0.15) is 239 Å². The number of allylic oxidation sites excluding steroid dienone is 2. The third-order valence-electron chi connectivity index (χ3n) is 9.15. The Hall–Kier alpha value is -0.790. The van der Waals surface area contributed by atoms with Gasteiger partial charge in [0.25, 0.3) is 0 Å². The van der Waals surface area contributed by atoms with E-state index in [0.29, 0.717) is 13.0 Å². The van der Waals surface area contributed by atoms with Crippen molar-refractivity contribution in [3.05, 3.63) is 12.2 Å². The second-order valence-electron chi connectivity index (χ2n) is 13.6. The Morgan fingerprint density at radius 1 is 0.372 bits per heavy atom. The van der Waals surface area contributed by atoms with Crippen molar-refractivity contribution < 1.29 is 9.53 Å². The van der Waals surface area contributed by atoms with Crippen molar-refractivity contribution >= 4 is 5.97 Å². The maximum atomic E-state index is 12.0. The van der Waals surface area contributed by atoms with Crippen molar-refractivity contribution in [3.8, 4) is 0 Å². The van der Waals surface area contributed by atoms with Crippen molar-refractivity contribution in [2.45, 2.75) is 239 Å². The van der Waals surface area contributed by atoms with Gasteiger partial charge < -0.3 is 4.74 Å². The Labute approximate surface area is 272 Å². The molecule has 0 heterocycles. The molecule has 0 atom stereocenters. The average molecular weight is 605 g/mol. The van der Waals surface area contributed by atoms with E-state index in [0.717, 1.165) is 19.3 Å². The molecule has 0 radical (unpaired) electrons. The highest BCUT2D eigenvalue weighted by molar-refractivity contribution is 5.69. The first kappa shape index (κ1) is 42.2. The van der Waals surface area contributed by atoms with Gasteiger partial charge in [0.05, 0.1) is 6.61 Å². The predicted molar refractivity (Wildman–Crippen MR) is 193 cm³/mol. The molecule has 0 aromatic carbocycles. The first-order valence-electron chi connectivity index (χ1n) is 20.1. The molecule has 0 rings (SSSR count). The van der Waals surface area contributed by atoms with Crippen molar-refractivity contribution in [1.29, 1.82) is 0 Å². The fraction of sp³-hybridized carbons (Fsp3) is 0.927. The Bertz CT molecular complexity index is 540. The van der Waals surface area contributed by atoms with E-state index in [4.69, 9.17) is 4.74 Å². The van der Waals surface area contributed by atoms with Gasteiger partial charge in [0.15, 0.2) is 0 Å². The van der Waals surface area contributed by atoms with Gasteiger partial charge in [-0.05, 0) is 38.5 Å². The number of ether oxygens (including phenoxy) is 1. The van der Waals surface area contributed by atoms with Gasteiger partial charge in [-0.3, -0.25) is 4.79 Å². The van der Waals surface area contributed by atoms with Crippen LogP contribution in [0.2, 0.25) is 0 Å². The zero-order valence-electron chi connectivity index (χ0n) is 29.9. The number of esters is 1. The molecule has 0 aromatic rings. The summed E-state index contributed by atoms with van der Waals surface area (Å²) in [5, 5.41) is 0. The molecule has 0 aliphatic carbocycles. The highest BCUT2D eigenvalue weighted by Gasteiger charge is 2.02. The van der Waals surface area contributed by atoms with Gasteiger partial charge in [-0.2, -0.15) is 0 Å². The highest BCUT2D eigenvalue weighted by atomic mass is 16.5. The molecular weight excluding hydrogens is 524 g/mol. The van der Waals surface area contributed by atoms with Crippen molar-refractivity contribution in [2.75, 3.05) is 6.61 Å². The minimum absolute atomic E-state index is 0.0193. The molecule has 0 amide bonds. The first-order chi connectivity index (χ1) is 21.3. The minimum atomic E-state index is 0.0193. The zero-order chi connectivity index (χ0) is 31.2. The molecule has 0 saturated carbocycles. The summed E-state index contributed by atoms with van der Waals surface area (Å²) in [6.45, 7) is 5.21. The van der Waals surface area contributed by atoms with Gasteiger partial charge in [0.2, 0.25) is 0 Å². The minimum Gasteiger partial charge on any atom is -0.466 e. The number of rotatable bonds is 37. The maximum Gasteiger partial charge on any atom is 0.305 e. The number of hydrogen-bond acceptors (Lipinski definition) is 2. The van der Waals surface area contributed by atoms with Crippen LogP contribution in [-0.4, -0.2) is 12.6 Å². The quantitative estimate of drug-likeness (QED) is 0.0400. The molecule has 0 saturated heterocycles. The summed E-state index contributed by atoms with van der Waals surface area (Å²) in [6.07, 6.45) is 51.5. The number of hydrogen-bond donors (Lipinski definition) is 0. The van der Waals surface area contributed by atoms with E-state index in [2.05, 4.69) is 26.0 Å². The van der Waals surface area contributed by atoms with E-state index >= 15 is 0 Å². The van der Waals surface area contributed by atoms with Gasteiger partial charge >= 0.3 is 5.97 Å². The van der Waals surface area contributed by atoms with Crippen LogP contribution >= 0.6 is 0 Å². The third-order valence-corrected chi connectivity index (χ3v) is 9.15. The Kier molecular flexibility index (Phi) is 38.5. The van der Waals surface area contributed by atoms with Crippen LogP contribution in [0.3, 0.4) is 0 Å². The molecule has 2 heteroatoms. The summed E-state index contributed by atoms with van der Waals surface area (Å²) in [5.74, 6) is 0.0193. The second kappa shape index (κ2) is 39.2. The van der Waals surface area contributed by atoms with Crippen LogP contribution in [0.4, 0.5) is 0 Å². The topological polar surface area (TPSA) is 26.3 Å². The van der Waals surface area contributed by atoms with E-state index in [-0.39, 0.29) is 5.97 Å². The van der Waals surface area contributed by atoms with Crippen molar-refractivity contribution in [2.24, 2.45) is 0 Å². The number of carbonyl (C=O) groups excluding carboxylic acids is 1. The molecule has 0 bridgehead atoms. The summed E-state index contributed by atoms with van der Waals surface area (Å²) < 4.78 is 5.45. The van der Waals surface area contributed by atoms with Gasteiger partial charge in [0.1, 0.15) is 0 Å². The van der Waals surface area contributed by atoms with Crippen LogP contribution in [0.15, 0.2) is 12.2 Å². The van der Waals surface area contributed by atoms with Gasteiger partial charge in [-0.1, -0.05) is 206 Å². The fourth-order valence-corrected chi connectivity index (χ4v) is 6.13. The van der Waals surface area contributed by atoms with Gasteiger partial charge in [-0.25, -0.2) is 0 Å². The van der Waals surface area contributed by atoms with E-state index < -0.39 is 0 Å². The van der Waals surface area contributed by atoms with Crippen molar-refractivity contribution in [3.63, 3.8) is 0 Å². The largest absolute Gasteiger partial charge is 0.466 e. The van der Waals surface area contributed by atoms with Crippen LogP contribution in [-0.2, 0) is 9.53 Å². The zero-order valence-corrected chi connectivity index (χ0v) is 29.9. The molecule has 0 unspecified atom stereocenters.